The van der Waals surface area contributed by atoms with Crippen LogP contribution in [0.25, 0.3) is 0 Å². The fraction of sp³-hybridized carbons (Fsp3) is 0.429. The maximum absolute atomic E-state index is 12.1. The molecule has 1 aliphatic rings. The smallest absolute Gasteiger partial charge is 0.237 e. The van der Waals surface area contributed by atoms with Gasteiger partial charge in [0.15, 0.2) is 0 Å². The number of rotatable bonds is 3. The Kier molecular flexibility index (Phi) is 3.01. The molecule has 1 saturated heterocycles. The third kappa shape index (κ3) is 1.75. The highest BCUT2D eigenvalue weighted by molar-refractivity contribution is 6.10. The van der Waals surface area contributed by atoms with E-state index in [0.717, 1.165) is 18.4 Å². The Morgan fingerprint density at radius 3 is 2.47 bits per heavy atom. The maximum atomic E-state index is 12.1. The summed E-state index contributed by atoms with van der Waals surface area (Å²) >= 11 is 0. The summed E-state index contributed by atoms with van der Waals surface area (Å²) in [7, 11) is 0. The minimum absolute atomic E-state index is 0.136. The SMILES string of the molecule is CCC[C@@H]1C(=O)NC(=O)[C@]1(C)c1ccccc1. The maximum Gasteiger partial charge on any atom is 0.237 e. The van der Waals surface area contributed by atoms with Gasteiger partial charge in [0.05, 0.1) is 11.3 Å². The van der Waals surface area contributed by atoms with Crippen molar-refractivity contribution in [3.8, 4) is 0 Å². The van der Waals surface area contributed by atoms with E-state index in [9.17, 15) is 9.59 Å². The van der Waals surface area contributed by atoms with Gasteiger partial charge in [0.25, 0.3) is 0 Å². The minimum atomic E-state index is -0.714. The lowest BCUT2D eigenvalue weighted by Crippen LogP contribution is -2.36. The minimum Gasteiger partial charge on any atom is -0.295 e. The molecule has 0 spiro atoms. The van der Waals surface area contributed by atoms with Gasteiger partial charge < -0.3 is 0 Å². The van der Waals surface area contributed by atoms with E-state index in [0.29, 0.717) is 0 Å². The fourth-order valence-electron chi connectivity index (χ4n) is 2.57. The Morgan fingerprint density at radius 2 is 1.88 bits per heavy atom. The van der Waals surface area contributed by atoms with Crippen LogP contribution < -0.4 is 5.32 Å². The molecule has 0 aliphatic carbocycles. The summed E-state index contributed by atoms with van der Waals surface area (Å²) in [6.07, 6.45) is 1.64. The molecule has 0 radical (unpaired) electrons. The summed E-state index contributed by atoms with van der Waals surface area (Å²) in [5.41, 5.74) is 0.204. The second-order valence-corrected chi connectivity index (χ2v) is 4.73. The molecule has 1 fully saturated rings. The van der Waals surface area contributed by atoms with Gasteiger partial charge in [0.1, 0.15) is 0 Å². The summed E-state index contributed by atoms with van der Waals surface area (Å²) in [5, 5.41) is 2.46. The molecule has 0 saturated carbocycles. The van der Waals surface area contributed by atoms with Gasteiger partial charge in [0, 0.05) is 0 Å². The van der Waals surface area contributed by atoms with Crippen LogP contribution in [0.3, 0.4) is 0 Å². The zero-order valence-corrected chi connectivity index (χ0v) is 10.2. The van der Waals surface area contributed by atoms with E-state index >= 15 is 0 Å². The molecular weight excluding hydrogens is 214 g/mol. The van der Waals surface area contributed by atoms with E-state index in [2.05, 4.69) is 5.32 Å². The quantitative estimate of drug-likeness (QED) is 0.809. The predicted octanol–water partition coefficient (Wildman–Crippen LogP) is 2.02. The molecule has 0 bridgehead atoms. The summed E-state index contributed by atoms with van der Waals surface area (Å²) in [6.45, 7) is 3.89. The van der Waals surface area contributed by atoms with Gasteiger partial charge in [-0.2, -0.15) is 0 Å². The number of imide groups is 1. The number of hydrogen-bond acceptors (Lipinski definition) is 2. The monoisotopic (exact) mass is 231 g/mol. The summed E-state index contributed by atoms with van der Waals surface area (Å²) < 4.78 is 0. The largest absolute Gasteiger partial charge is 0.295 e. The molecule has 2 amide bonds. The van der Waals surface area contributed by atoms with E-state index in [1.165, 1.54) is 0 Å². The number of nitrogens with one attached hydrogen (secondary N) is 1. The third-order valence-electron chi connectivity index (χ3n) is 3.67. The van der Waals surface area contributed by atoms with Crippen LogP contribution in [0.15, 0.2) is 30.3 Å². The van der Waals surface area contributed by atoms with Gasteiger partial charge in [-0.25, -0.2) is 0 Å². The Morgan fingerprint density at radius 1 is 1.24 bits per heavy atom. The Hall–Kier alpha value is -1.64. The molecule has 0 aromatic heterocycles. The van der Waals surface area contributed by atoms with Gasteiger partial charge in [-0.3, -0.25) is 14.9 Å². The second kappa shape index (κ2) is 4.32. The highest BCUT2D eigenvalue weighted by Gasteiger charge is 2.52. The normalized spacial score (nSPS) is 28.2. The molecular formula is C14H17NO2. The van der Waals surface area contributed by atoms with Crippen molar-refractivity contribution in [3.63, 3.8) is 0 Å². The molecule has 1 aliphatic heterocycles. The van der Waals surface area contributed by atoms with E-state index in [4.69, 9.17) is 0 Å². The van der Waals surface area contributed by atoms with Crippen molar-refractivity contribution in [2.45, 2.75) is 32.1 Å². The van der Waals surface area contributed by atoms with Crippen LogP contribution in [0.5, 0.6) is 0 Å². The zero-order valence-electron chi connectivity index (χ0n) is 10.2. The van der Waals surface area contributed by atoms with E-state index in [1.54, 1.807) is 0 Å². The van der Waals surface area contributed by atoms with Crippen LogP contribution in [0.1, 0.15) is 32.3 Å². The number of benzene rings is 1. The predicted molar refractivity (Wildman–Crippen MR) is 65.3 cm³/mol. The van der Waals surface area contributed by atoms with Gasteiger partial charge in [-0.05, 0) is 18.9 Å². The van der Waals surface area contributed by atoms with Crippen molar-refractivity contribution in [2.24, 2.45) is 5.92 Å². The first kappa shape index (κ1) is 11.8. The molecule has 2 rings (SSSR count). The first-order valence-corrected chi connectivity index (χ1v) is 6.01. The van der Waals surface area contributed by atoms with Crippen LogP contribution in [0.4, 0.5) is 0 Å². The van der Waals surface area contributed by atoms with Crippen molar-refractivity contribution in [1.29, 1.82) is 0 Å². The summed E-state index contributed by atoms with van der Waals surface area (Å²) in [6, 6.07) is 9.55. The molecule has 3 nitrogen and oxygen atoms in total. The van der Waals surface area contributed by atoms with Crippen molar-refractivity contribution >= 4 is 11.8 Å². The lowest BCUT2D eigenvalue weighted by atomic mass is 9.72. The van der Waals surface area contributed by atoms with Crippen LogP contribution in [-0.2, 0) is 15.0 Å². The molecule has 17 heavy (non-hydrogen) atoms. The summed E-state index contributed by atoms with van der Waals surface area (Å²) in [5.74, 6) is -0.558. The third-order valence-corrected chi connectivity index (χ3v) is 3.67. The van der Waals surface area contributed by atoms with Gasteiger partial charge >= 0.3 is 0 Å². The molecule has 0 unspecified atom stereocenters. The highest BCUT2D eigenvalue weighted by Crippen LogP contribution is 2.39. The number of amides is 2. The fourth-order valence-corrected chi connectivity index (χ4v) is 2.57. The van der Waals surface area contributed by atoms with E-state index in [1.807, 2.05) is 44.2 Å². The first-order chi connectivity index (χ1) is 8.10. The average molecular weight is 231 g/mol. The van der Waals surface area contributed by atoms with Gasteiger partial charge in [0.2, 0.25) is 11.8 Å². The molecule has 90 valence electrons. The zero-order chi connectivity index (χ0) is 12.5. The number of carbonyl (C=O) groups excluding carboxylic acids is 2. The molecule has 1 N–H and O–H groups in total. The Balaban J connectivity index is 2.46. The van der Waals surface area contributed by atoms with E-state index < -0.39 is 5.41 Å². The molecule has 3 heteroatoms. The van der Waals surface area contributed by atoms with E-state index in [-0.39, 0.29) is 17.7 Å². The van der Waals surface area contributed by atoms with Gasteiger partial charge in [-0.1, -0.05) is 43.7 Å². The van der Waals surface area contributed by atoms with Crippen molar-refractivity contribution in [2.75, 3.05) is 0 Å². The average Bonchev–Trinajstić information content (AvgIpc) is 2.55. The molecule has 1 aromatic rings. The van der Waals surface area contributed by atoms with Gasteiger partial charge in [-0.15, -0.1) is 0 Å². The van der Waals surface area contributed by atoms with Crippen molar-refractivity contribution < 1.29 is 9.59 Å². The topological polar surface area (TPSA) is 46.2 Å². The molecule has 1 heterocycles. The highest BCUT2D eigenvalue weighted by atomic mass is 16.2. The first-order valence-electron chi connectivity index (χ1n) is 6.01. The Labute approximate surface area is 101 Å². The Bertz CT molecular complexity index is 441. The lowest BCUT2D eigenvalue weighted by molar-refractivity contribution is -0.126. The van der Waals surface area contributed by atoms with Crippen molar-refractivity contribution in [1.82, 2.24) is 5.32 Å². The van der Waals surface area contributed by atoms with Crippen LogP contribution in [-0.4, -0.2) is 11.8 Å². The standard InChI is InChI=1S/C14H17NO2/c1-3-7-11-12(16)15-13(17)14(11,2)10-8-5-4-6-9-10/h4-6,8-9,11H,3,7H2,1-2H3,(H,15,16,17)/t11-,14-/m1/s1. The number of hydrogen-bond donors (Lipinski definition) is 1. The van der Waals surface area contributed by atoms with Crippen molar-refractivity contribution in [3.05, 3.63) is 35.9 Å². The lowest BCUT2D eigenvalue weighted by Gasteiger charge is -2.27. The van der Waals surface area contributed by atoms with Crippen LogP contribution in [0.2, 0.25) is 0 Å². The number of carbonyl (C=O) groups is 2. The second-order valence-electron chi connectivity index (χ2n) is 4.73. The van der Waals surface area contributed by atoms with Crippen LogP contribution >= 0.6 is 0 Å². The molecule has 1 aromatic carbocycles. The van der Waals surface area contributed by atoms with Crippen LogP contribution in [0, 0.1) is 5.92 Å². The summed E-state index contributed by atoms with van der Waals surface area (Å²) in [4.78, 5) is 23.9. The molecule has 2 atom stereocenters.